The molecule has 0 amide bonds. The molecule has 0 fully saturated rings. The van der Waals surface area contributed by atoms with Gasteiger partial charge in [0.15, 0.2) is 11.6 Å². The minimum atomic E-state index is 0.0992. The van der Waals surface area contributed by atoms with Crippen molar-refractivity contribution in [1.82, 2.24) is 19.5 Å². The van der Waals surface area contributed by atoms with E-state index < -0.39 is 0 Å². The zero-order valence-corrected chi connectivity index (χ0v) is 14.2. The molecule has 6 heteroatoms. The molecule has 0 aliphatic heterocycles. The Balaban J connectivity index is 1.74. The first-order valence-corrected chi connectivity index (χ1v) is 8.14. The molecule has 6 nitrogen and oxygen atoms in total. The first-order chi connectivity index (χ1) is 12.6. The Bertz CT molecular complexity index is 1130. The van der Waals surface area contributed by atoms with Crippen molar-refractivity contribution < 1.29 is 5.11 Å². The number of nitrogens with two attached hydrogens (primary N) is 1. The van der Waals surface area contributed by atoms with Crippen LogP contribution in [-0.2, 0) is 7.05 Å². The van der Waals surface area contributed by atoms with Crippen LogP contribution in [0.5, 0.6) is 5.75 Å². The highest BCUT2D eigenvalue weighted by molar-refractivity contribution is 5.91. The van der Waals surface area contributed by atoms with Crippen LogP contribution in [0.3, 0.4) is 0 Å². The molecule has 2 heterocycles. The summed E-state index contributed by atoms with van der Waals surface area (Å²) in [6.45, 7) is 0. The van der Waals surface area contributed by atoms with Gasteiger partial charge in [-0.05, 0) is 30.4 Å². The van der Waals surface area contributed by atoms with Crippen LogP contribution in [0.15, 0.2) is 54.7 Å². The maximum atomic E-state index is 10.0. The summed E-state index contributed by atoms with van der Waals surface area (Å²) >= 11 is 0. The quantitative estimate of drug-likeness (QED) is 0.594. The maximum Gasteiger partial charge on any atom is 0.224 e. The average Bonchev–Trinajstić information content (AvgIpc) is 2.96. The Labute approximate surface area is 150 Å². The number of aryl methyl sites for hydroxylation is 1. The van der Waals surface area contributed by atoms with Gasteiger partial charge in [0.25, 0.3) is 0 Å². The number of phenols is 1. The monoisotopic (exact) mass is 343 g/mol. The predicted molar refractivity (Wildman–Crippen MR) is 103 cm³/mol. The van der Waals surface area contributed by atoms with Gasteiger partial charge in [0.1, 0.15) is 5.75 Å². The van der Waals surface area contributed by atoms with Crippen LogP contribution in [0.4, 0.5) is 5.95 Å². The predicted octanol–water partition coefficient (Wildman–Crippen LogP) is 3.49. The van der Waals surface area contributed by atoms with E-state index in [1.165, 1.54) is 0 Å². The van der Waals surface area contributed by atoms with Crippen LogP contribution in [0, 0.1) is 0 Å². The summed E-state index contributed by atoms with van der Waals surface area (Å²) in [5.74, 6) is 0.981. The molecule has 0 aliphatic rings. The van der Waals surface area contributed by atoms with Crippen LogP contribution in [0.1, 0.15) is 11.4 Å². The molecule has 0 radical (unpaired) electrons. The van der Waals surface area contributed by atoms with E-state index in [-0.39, 0.29) is 11.7 Å². The van der Waals surface area contributed by atoms with Crippen molar-refractivity contribution in [3.05, 3.63) is 66.1 Å². The minimum absolute atomic E-state index is 0.0992. The van der Waals surface area contributed by atoms with E-state index in [0.29, 0.717) is 17.2 Å². The number of anilines is 1. The number of fused-ring (bicyclic) bond motifs is 1. The SMILES string of the molecule is Cn1cc(/C=C/c2nc(N)nc(-c3ccccc3O)n2)c2ccccc21. The van der Waals surface area contributed by atoms with E-state index in [9.17, 15) is 5.11 Å². The Morgan fingerprint density at radius 1 is 0.962 bits per heavy atom. The molecule has 2 aromatic carbocycles. The molecule has 0 unspecified atom stereocenters. The number of aromatic hydroxyl groups is 1. The topological polar surface area (TPSA) is 89.9 Å². The number of nitrogen functional groups attached to an aromatic ring is 1. The molecule has 0 saturated heterocycles. The standard InChI is InChI=1S/C20H17N5O/c1-25-12-13(14-6-2-4-8-16(14)25)10-11-18-22-19(24-20(21)23-18)15-7-3-5-9-17(15)26/h2-12,26H,1H3,(H2,21,22,23,24)/b11-10+. The first-order valence-electron chi connectivity index (χ1n) is 8.14. The van der Waals surface area contributed by atoms with E-state index in [1.54, 1.807) is 30.3 Å². The molecule has 0 spiro atoms. The summed E-state index contributed by atoms with van der Waals surface area (Å²) in [5, 5.41) is 11.2. The van der Waals surface area contributed by atoms with Gasteiger partial charge in [-0.15, -0.1) is 0 Å². The smallest absolute Gasteiger partial charge is 0.224 e. The Hall–Kier alpha value is -3.67. The minimum Gasteiger partial charge on any atom is -0.507 e. The molecule has 0 saturated carbocycles. The fourth-order valence-electron chi connectivity index (χ4n) is 2.94. The summed E-state index contributed by atoms with van der Waals surface area (Å²) in [5.41, 5.74) is 8.56. The van der Waals surface area contributed by atoms with Crippen LogP contribution >= 0.6 is 0 Å². The number of para-hydroxylation sites is 2. The summed E-state index contributed by atoms with van der Waals surface area (Å²) in [6, 6.07) is 15.0. The van der Waals surface area contributed by atoms with E-state index >= 15 is 0 Å². The lowest BCUT2D eigenvalue weighted by molar-refractivity contribution is 0.477. The van der Waals surface area contributed by atoms with Gasteiger partial charge in [0, 0.05) is 29.7 Å². The fraction of sp³-hybridized carbons (Fsp3) is 0.0500. The Morgan fingerprint density at radius 2 is 1.73 bits per heavy atom. The number of hydrogen-bond acceptors (Lipinski definition) is 5. The second-order valence-corrected chi connectivity index (χ2v) is 5.94. The van der Waals surface area contributed by atoms with Crippen molar-refractivity contribution in [3.8, 4) is 17.1 Å². The van der Waals surface area contributed by atoms with Crippen LogP contribution in [-0.4, -0.2) is 24.6 Å². The molecular weight excluding hydrogens is 326 g/mol. The lowest BCUT2D eigenvalue weighted by Crippen LogP contribution is -2.02. The largest absolute Gasteiger partial charge is 0.507 e. The first kappa shape index (κ1) is 15.8. The highest BCUT2D eigenvalue weighted by Gasteiger charge is 2.09. The van der Waals surface area contributed by atoms with Gasteiger partial charge in [-0.25, -0.2) is 4.98 Å². The molecule has 0 aliphatic carbocycles. The summed E-state index contributed by atoms with van der Waals surface area (Å²) in [4.78, 5) is 12.7. The number of rotatable bonds is 3. The van der Waals surface area contributed by atoms with Gasteiger partial charge < -0.3 is 15.4 Å². The molecular formula is C20H17N5O. The molecule has 0 atom stereocenters. The van der Waals surface area contributed by atoms with Gasteiger partial charge in [0.2, 0.25) is 5.95 Å². The van der Waals surface area contributed by atoms with Crippen molar-refractivity contribution in [1.29, 1.82) is 0 Å². The second-order valence-electron chi connectivity index (χ2n) is 5.94. The number of aromatic nitrogens is 4. The van der Waals surface area contributed by atoms with Crippen molar-refractivity contribution in [2.24, 2.45) is 7.05 Å². The Morgan fingerprint density at radius 3 is 2.58 bits per heavy atom. The second kappa shape index (κ2) is 6.33. The third-order valence-electron chi connectivity index (χ3n) is 4.15. The third kappa shape index (κ3) is 2.88. The molecule has 26 heavy (non-hydrogen) atoms. The maximum absolute atomic E-state index is 10.0. The van der Waals surface area contributed by atoms with Crippen molar-refractivity contribution in [2.75, 3.05) is 5.73 Å². The van der Waals surface area contributed by atoms with Gasteiger partial charge in [-0.3, -0.25) is 0 Å². The van der Waals surface area contributed by atoms with E-state index in [4.69, 9.17) is 5.73 Å². The van der Waals surface area contributed by atoms with E-state index in [2.05, 4.69) is 37.8 Å². The molecule has 128 valence electrons. The van der Waals surface area contributed by atoms with Gasteiger partial charge in [0.05, 0.1) is 5.56 Å². The number of benzene rings is 2. The normalized spacial score (nSPS) is 11.4. The number of hydrogen-bond donors (Lipinski definition) is 2. The molecule has 0 bridgehead atoms. The van der Waals surface area contributed by atoms with Crippen LogP contribution in [0.25, 0.3) is 34.4 Å². The fourth-order valence-corrected chi connectivity index (χ4v) is 2.94. The lowest BCUT2D eigenvalue weighted by Gasteiger charge is -2.04. The van der Waals surface area contributed by atoms with Gasteiger partial charge in [-0.2, -0.15) is 9.97 Å². The van der Waals surface area contributed by atoms with Gasteiger partial charge >= 0.3 is 0 Å². The molecule has 2 aromatic heterocycles. The summed E-state index contributed by atoms with van der Waals surface area (Å²) in [7, 11) is 2.01. The highest BCUT2D eigenvalue weighted by atomic mass is 16.3. The zero-order chi connectivity index (χ0) is 18.1. The Kier molecular flexibility index (Phi) is 3.85. The lowest BCUT2D eigenvalue weighted by atomic mass is 10.1. The molecule has 3 N–H and O–H groups in total. The van der Waals surface area contributed by atoms with Crippen molar-refractivity contribution in [2.45, 2.75) is 0 Å². The third-order valence-corrected chi connectivity index (χ3v) is 4.15. The highest BCUT2D eigenvalue weighted by Crippen LogP contribution is 2.26. The van der Waals surface area contributed by atoms with E-state index in [1.807, 2.05) is 25.3 Å². The zero-order valence-electron chi connectivity index (χ0n) is 14.2. The van der Waals surface area contributed by atoms with Crippen molar-refractivity contribution >= 4 is 29.0 Å². The van der Waals surface area contributed by atoms with Crippen LogP contribution in [0.2, 0.25) is 0 Å². The van der Waals surface area contributed by atoms with Gasteiger partial charge in [-0.1, -0.05) is 30.3 Å². The molecule has 4 aromatic rings. The average molecular weight is 343 g/mol. The summed E-state index contributed by atoms with van der Waals surface area (Å²) < 4.78 is 2.07. The number of nitrogens with zero attached hydrogens (tertiary/aromatic N) is 4. The van der Waals surface area contributed by atoms with E-state index in [0.717, 1.165) is 16.5 Å². The van der Waals surface area contributed by atoms with Crippen molar-refractivity contribution in [3.63, 3.8) is 0 Å². The summed E-state index contributed by atoms with van der Waals surface area (Å²) in [6.07, 6.45) is 5.80. The number of phenolic OH excluding ortho intramolecular Hbond substituents is 1. The molecule has 4 rings (SSSR count). The van der Waals surface area contributed by atoms with Crippen LogP contribution < -0.4 is 5.73 Å².